The van der Waals surface area contributed by atoms with E-state index in [9.17, 15) is 4.79 Å². The van der Waals surface area contributed by atoms with Crippen LogP contribution < -0.4 is 15.5 Å². The van der Waals surface area contributed by atoms with E-state index in [1.54, 1.807) is 9.58 Å². The molecule has 31 heavy (non-hydrogen) atoms. The first-order valence-electron chi connectivity index (χ1n) is 10.7. The molecule has 2 aliphatic heterocycles. The van der Waals surface area contributed by atoms with Crippen LogP contribution in [0.1, 0.15) is 18.2 Å². The van der Waals surface area contributed by atoms with E-state index in [2.05, 4.69) is 31.1 Å². The molecule has 4 heterocycles. The molecule has 2 aliphatic rings. The van der Waals surface area contributed by atoms with Gasteiger partial charge in [-0.15, -0.1) is 0 Å². The minimum Gasteiger partial charge on any atom is -0.354 e. The second-order valence-electron chi connectivity index (χ2n) is 8.31. The lowest BCUT2D eigenvalue weighted by Gasteiger charge is -2.34. The topological polar surface area (TPSA) is 83.0 Å². The fourth-order valence-electron chi connectivity index (χ4n) is 4.48. The summed E-state index contributed by atoms with van der Waals surface area (Å²) in [6.07, 6.45) is 0.699. The molecule has 1 fully saturated rings. The summed E-state index contributed by atoms with van der Waals surface area (Å²) in [4.78, 5) is 22.5. The highest BCUT2D eigenvalue weighted by molar-refractivity contribution is 5.88. The molecule has 0 aliphatic carbocycles. The zero-order valence-electron chi connectivity index (χ0n) is 18.2. The van der Waals surface area contributed by atoms with Crippen LogP contribution in [-0.4, -0.2) is 65.1 Å². The Kier molecular flexibility index (Phi) is 4.97. The number of piperazine rings is 1. The molecule has 2 aromatic heterocycles. The van der Waals surface area contributed by atoms with E-state index in [-0.39, 0.29) is 5.56 Å². The summed E-state index contributed by atoms with van der Waals surface area (Å²) in [5.41, 5.74) is 3.38. The molecule has 9 heteroatoms. The van der Waals surface area contributed by atoms with Crippen LogP contribution in [0.3, 0.4) is 0 Å². The van der Waals surface area contributed by atoms with Crippen molar-refractivity contribution in [1.29, 1.82) is 0 Å². The molecule has 0 saturated carbocycles. The van der Waals surface area contributed by atoms with Gasteiger partial charge in [-0.1, -0.05) is 17.3 Å². The molecule has 162 valence electrons. The summed E-state index contributed by atoms with van der Waals surface area (Å²) in [7, 11) is 1.83. The van der Waals surface area contributed by atoms with Gasteiger partial charge in [-0.2, -0.15) is 5.10 Å². The van der Waals surface area contributed by atoms with Crippen LogP contribution in [0.15, 0.2) is 38.7 Å². The van der Waals surface area contributed by atoms with Gasteiger partial charge in [0.25, 0.3) is 5.56 Å². The fourth-order valence-corrected chi connectivity index (χ4v) is 4.48. The maximum absolute atomic E-state index is 13.1. The van der Waals surface area contributed by atoms with Gasteiger partial charge in [0.15, 0.2) is 11.4 Å². The highest BCUT2D eigenvalue weighted by atomic mass is 16.5. The van der Waals surface area contributed by atoms with Crippen molar-refractivity contribution in [1.82, 2.24) is 19.6 Å². The third kappa shape index (κ3) is 3.59. The van der Waals surface area contributed by atoms with Crippen molar-refractivity contribution in [2.45, 2.75) is 26.8 Å². The SMILES string of the molecule is CC1=NN(C)c2nc(C)c(CCN3CCN(c4noc5ccccc45)CC3)c(=O)n2C1. The van der Waals surface area contributed by atoms with E-state index in [1.165, 1.54) is 0 Å². The normalized spacial score (nSPS) is 17.2. The highest BCUT2D eigenvalue weighted by Crippen LogP contribution is 2.26. The van der Waals surface area contributed by atoms with Gasteiger partial charge in [-0.3, -0.25) is 14.3 Å². The van der Waals surface area contributed by atoms with Crippen LogP contribution in [-0.2, 0) is 13.0 Å². The Hall–Kier alpha value is -3.20. The van der Waals surface area contributed by atoms with Gasteiger partial charge >= 0.3 is 0 Å². The monoisotopic (exact) mass is 421 g/mol. The molecule has 1 saturated heterocycles. The number of anilines is 2. The summed E-state index contributed by atoms with van der Waals surface area (Å²) in [6.45, 7) is 8.82. The lowest BCUT2D eigenvalue weighted by atomic mass is 10.1. The van der Waals surface area contributed by atoms with E-state index in [4.69, 9.17) is 4.52 Å². The Labute approximate surface area is 180 Å². The van der Waals surface area contributed by atoms with Crippen molar-refractivity contribution in [3.63, 3.8) is 0 Å². The van der Waals surface area contributed by atoms with Gasteiger partial charge in [0.1, 0.15) is 0 Å². The van der Waals surface area contributed by atoms with Crippen LogP contribution in [0.2, 0.25) is 0 Å². The Bertz CT molecular complexity index is 1200. The third-order valence-electron chi connectivity index (χ3n) is 6.15. The molecule has 1 aromatic carbocycles. The Morgan fingerprint density at radius 3 is 2.68 bits per heavy atom. The van der Waals surface area contributed by atoms with E-state index >= 15 is 0 Å². The van der Waals surface area contributed by atoms with Gasteiger partial charge in [0, 0.05) is 45.3 Å². The molecule has 0 bridgehead atoms. The average Bonchev–Trinajstić information content (AvgIpc) is 3.19. The highest BCUT2D eigenvalue weighted by Gasteiger charge is 2.24. The van der Waals surface area contributed by atoms with Gasteiger partial charge in [0.05, 0.1) is 23.3 Å². The van der Waals surface area contributed by atoms with Gasteiger partial charge < -0.3 is 9.42 Å². The van der Waals surface area contributed by atoms with E-state index in [0.29, 0.717) is 18.9 Å². The van der Waals surface area contributed by atoms with Gasteiger partial charge in [-0.05, 0) is 32.4 Å². The van der Waals surface area contributed by atoms with Crippen LogP contribution >= 0.6 is 0 Å². The second kappa shape index (κ2) is 7.81. The molecule has 0 radical (unpaired) electrons. The lowest BCUT2D eigenvalue weighted by Crippen LogP contribution is -2.47. The van der Waals surface area contributed by atoms with Crippen LogP contribution in [0.4, 0.5) is 11.8 Å². The van der Waals surface area contributed by atoms with E-state index in [0.717, 1.165) is 66.5 Å². The molecular weight excluding hydrogens is 394 g/mol. The second-order valence-corrected chi connectivity index (χ2v) is 8.31. The molecule has 5 rings (SSSR count). The zero-order chi connectivity index (χ0) is 21.5. The molecule has 3 aromatic rings. The number of nitrogens with zero attached hydrogens (tertiary/aromatic N) is 7. The largest absolute Gasteiger partial charge is 0.354 e. The molecule has 0 amide bonds. The van der Waals surface area contributed by atoms with Crippen molar-refractivity contribution in [3.05, 3.63) is 45.9 Å². The lowest BCUT2D eigenvalue weighted by molar-refractivity contribution is 0.259. The number of fused-ring (bicyclic) bond motifs is 2. The summed E-state index contributed by atoms with van der Waals surface area (Å²) < 4.78 is 7.19. The summed E-state index contributed by atoms with van der Waals surface area (Å²) in [5, 5.41) is 11.4. The summed E-state index contributed by atoms with van der Waals surface area (Å²) >= 11 is 0. The number of hydrogen-bond donors (Lipinski definition) is 0. The van der Waals surface area contributed by atoms with Crippen molar-refractivity contribution < 1.29 is 4.52 Å². The zero-order valence-corrected chi connectivity index (χ0v) is 18.2. The standard InChI is InChI=1S/C22H27N7O2/c1-15-14-29-21(30)17(16(2)23-22(29)26(3)24-15)8-9-27-10-12-28(13-11-27)20-18-6-4-5-7-19(18)31-25-20/h4-7H,8-14H2,1-3H3. The van der Waals surface area contributed by atoms with Crippen LogP contribution in [0, 0.1) is 6.92 Å². The first kappa shape index (κ1) is 19.7. The van der Waals surface area contributed by atoms with Gasteiger partial charge in [-0.25, -0.2) is 9.99 Å². The van der Waals surface area contributed by atoms with Crippen molar-refractivity contribution in [2.75, 3.05) is 49.7 Å². The number of benzene rings is 1. The predicted octanol–water partition coefficient (Wildman–Crippen LogP) is 1.88. The Morgan fingerprint density at radius 1 is 1.10 bits per heavy atom. The number of para-hydroxylation sites is 1. The number of aryl methyl sites for hydroxylation is 1. The smallest absolute Gasteiger partial charge is 0.258 e. The first-order valence-corrected chi connectivity index (χ1v) is 10.7. The average molecular weight is 422 g/mol. The Balaban J connectivity index is 1.25. The van der Waals surface area contributed by atoms with Crippen LogP contribution in [0.5, 0.6) is 0 Å². The van der Waals surface area contributed by atoms with E-state index in [1.807, 2.05) is 39.1 Å². The fraction of sp³-hybridized carbons (Fsp3) is 0.455. The summed E-state index contributed by atoms with van der Waals surface area (Å²) in [5.74, 6) is 1.54. The maximum atomic E-state index is 13.1. The molecular formula is C22H27N7O2. The molecule has 0 unspecified atom stereocenters. The quantitative estimate of drug-likeness (QED) is 0.636. The minimum absolute atomic E-state index is 0.0521. The summed E-state index contributed by atoms with van der Waals surface area (Å²) in [6, 6.07) is 7.97. The molecule has 0 spiro atoms. The van der Waals surface area contributed by atoms with E-state index < -0.39 is 0 Å². The van der Waals surface area contributed by atoms with Crippen LogP contribution in [0.25, 0.3) is 11.0 Å². The number of aromatic nitrogens is 3. The predicted molar refractivity (Wildman–Crippen MR) is 121 cm³/mol. The number of rotatable bonds is 4. The molecule has 0 N–H and O–H groups in total. The molecule has 9 nitrogen and oxygen atoms in total. The maximum Gasteiger partial charge on any atom is 0.258 e. The minimum atomic E-state index is 0.0521. The third-order valence-corrected chi connectivity index (χ3v) is 6.15. The first-order chi connectivity index (χ1) is 15.0. The van der Waals surface area contributed by atoms with Crippen molar-refractivity contribution in [3.8, 4) is 0 Å². The number of hydrogen-bond acceptors (Lipinski definition) is 8. The van der Waals surface area contributed by atoms with Gasteiger partial charge in [0.2, 0.25) is 5.95 Å². The van der Waals surface area contributed by atoms with Crippen molar-refractivity contribution >= 4 is 28.4 Å². The Morgan fingerprint density at radius 2 is 1.87 bits per heavy atom. The molecule has 0 atom stereocenters. The number of hydrazone groups is 1. The van der Waals surface area contributed by atoms with Crippen molar-refractivity contribution in [2.24, 2.45) is 5.10 Å².